The number of methoxy groups -OCH3 is 1. The molecule has 0 aromatic rings. The second kappa shape index (κ2) is 6.92. The Labute approximate surface area is 119 Å². The van der Waals surface area contributed by atoms with Gasteiger partial charge >= 0.3 is 12.0 Å². The molecule has 1 aliphatic carbocycles. The molecule has 1 aliphatic heterocycles. The van der Waals surface area contributed by atoms with E-state index in [9.17, 15) is 9.59 Å². The lowest BCUT2D eigenvalue weighted by molar-refractivity contribution is -0.142. The molecule has 0 bridgehead atoms. The van der Waals surface area contributed by atoms with Gasteiger partial charge in [-0.3, -0.25) is 4.79 Å². The Morgan fingerprint density at radius 2 is 2.10 bits per heavy atom. The Kier molecular flexibility index (Phi) is 5.23. The van der Waals surface area contributed by atoms with E-state index in [1.807, 2.05) is 0 Å². The van der Waals surface area contributed by atoms with E-state index in [1.165, 1.54) is 0 Å². The summed E-state index contributed by atoms with van der Waals surface area (Å²) in [7, 11) is 1.68. The lowest BCUT2D eigenvalue weighted by Gasteiger charge is -2.33. The number of hydrogen-bond acceptors (Lipinski definition) is 3. The van der Waals surface area contributed by atoms with Crippen LogP contribution in [0.4, 0.5) is 4.79 Å². The van der Waals surface area contributed by atoms with Crippen molar-refractivity contribution in [3.63, 3.8) is 0 Å². The normalized spacial score (nSPS) is 30.2. The van der Waals surface area contributed by atoms with Crippen molar-refractivity contribution in [1.29, 1.82) is 0 Å². The van der Waals surface area contributed by atoms with Gasteiger partial charge in [0.1, 0.15) is 0 Å². The van der Waals surface area contributed by atoms with Crippen LogP contribution in [0.5, 0.6) is 0 Å². The van der Waals surface area contributed by atoms with E-state index in [0.717, 1.165) is 32.2 Å². The number of carbonyl (C=O) groups is 2. The average molecular weight is 284 g/mol. The van der Waals surface area contributed by atoms with E-state index >= 15 is 0 Å². The van der Waals surface area contributed by atoms with Gasteiger partial charge in [0.15, 0.2) is 0 Å². The van der Waals surface area contributed by atoms with Gasteiger partial charge in [0.2, 0.25) is 0 Å². The Morgan fingerprint density at radius 3 is 2.80 bits per heavy atom. The molecule has 1 saturated carbocycles. The highest BCUT2D eigenvalue weighted by Gasteiger charge is 2.35. The van der Waals surface area contributed by atoms with Crippen molar-refractivity contribution in [2.75, 3.05) is 26.8 Å². The summed E-state index contributed by atoms with van der Waals surface area (Å²) in [4.78, 5) is 25.2. The molecule has 0 aromatic heterocycles. The minimum atomic E-state index is -0.802. The van der Waals surface area contributed by atoms with E-state index in [-0.39, 0.29) is 12.1 Å². The van der Waals surface area contributed by atoms with Crippen LogP contribution in [0.1, 0.15) is 32.1 Å². The van der Waals surface area contributed by atoms with Crippen LogP contribution in [0, 0.1) is 11.8 Å². The van der Waals surface area contributed by atoms with Crippen molar-refractivity contribution in [2.45, 2.75) is 38.1 Å². The van der Waals surface area contributed by atoms with Crippen LogP contribution in [-0.2, 0) is 9.53 Å². The van der Waals surface area contributed by atoms with Crippen LogP contribution in [0.3, 0.4) is 0 Å². The van der Waals surface area contributed by atoms with Crippen LogP contribution in [0.2, 0.25) is 0 Å². The molecular formula is C14H24N2O4. The van der Waals surface area contributed by atoms with Gasteiger partial charge in [-0.05, 0) is 25.7 Å². The van der Waals surface area contributed by atoms with Crippen molar-refractivity contribution in [1.82, 2.24) is 10.2 Å². The molecule has 1 saturated heterocycles. The molecule has 114 valence electrons. The first-order chi connectivity index (χ1) is 9.61. The maximum atomic E-state index is 12.3. The molecule has 0 spiro atoms. The summed E-state index contributed by atoms with van der Waals surface area (Å²) in [5.74, 6) is -0.847. The first-order valence-corrected chi connectivity index (χ1v) is 7.39. The molecule has 2 rings (SSSR count). The van der Waals surface area contributed by atoms with Crippen LogP contribution in [0.25, 0.3) is 0 Å². The van der Waals surface area contributed by atoms with E-state index in [1.54, 1.807) is 12.0 Å². The van der Waals surface area contributed by atoms with E-state index in [0.29, 0.717) is 25.5 Å². The highest BCUT2D eigenvalue weighted by atomic mass is 16.5. The molecule has 3 unspecified atom stereocenters. The number of carboxylic acid groups (broad SMARTS) is 1. The molecule has 6 heteroatoms. The summed E-state index contributed by atoms with van der Waals surface area (Å²) in [6, 6.07) is -0.341. The summed E-state index contributed by atoms with van der Waals surface area (Å²) < 4.78 is 5.16. The molecule has 2 amide bonds. The lowest BCUT2D eigenvalue weighted by atomic mass is 9.99. The molecule has 3 atom stereocenters. The highest BCUT2D eigenvalue weighted by Crippen LogP contribution is 2.26. The van der Waals surface area contributed by atoms with E-state index in [4.69, 9.17) is 9.84 Å². The van der Waals surface area contributed by atoms with Crippen LogP contribution in [-0.4, -0.2) is 54.9 Å². The Bertz CT molecular complexity index is 359. The topological polar surface area (TPSA) is 78.9 Å². The molecule has 2 fully saturated rings. The fourth-order valence-corrected chi connectivity index (χ4v) is 3.30. The fourth-order valence-electron chi connectivity index (χ4n) is 3.30. The SMILES string of the molecule is COCC1CCCN(C(=O)NC2CCCC2C(=O)O)C1. The number of nitrogens with zero attached hydrogens (tertiary/aromatic N) is 1. The van der Waals surface area contributed by atoms with Crippen LogP contribution >= 0.6 is 0 Å². The second-order valence-corrected chi connectivity index (χ2v) is 5.84. The van der Waals surface area contributed by atoms with E-state index < -0.39 is 11.9 Å². The third kappa shape index (κ3) is 3.62. The van der Waals surface area contributed by atoms with Gasteiger partial charge in [-0.1, -0.05) is 6.42 Å². The monoisotopic (exact) mass is 284 g/mol. The number of aliphatic carboxylic acids is 1. The van der Waals surface area contributed by atoms with Gasteiger partial charge in [-0.2, -0.15) is 0 Å². The molecule has 2 aliphatic rings. The van der Waals surface area contributed by atoms with Crippen molar-refractivity contribution in [3.8, 4) is 0 Å². The third-order valence-corrected chi connectivity index (χ3v) is 4.35. The van der Waals surface area contributed by atoms with Gasteiger partial charge in [-0.15, -0.1) is 0 Å². The smallest absolute Gasteiger partial charge is 0.317 e. The first kappa shape index (κ1) is 15.1. The van der Waals surface area contributed by atoms with Gasteiger partial charge < -0.3 is 20.1 Å². The summed E-state index contributed by atoms with van der Waals surface area (Å²) in [6.07, 6.45) is 4.35. The number of carbonyl (C=O) groups excluding carboxylic acids is 1. The molecule has 0 radical (unpaired) electrons. The zero-order chi connectivity index (χ0) is 14.5. The van der Waals surface area contributed by atoms with Crippen molar-refractivity contribution >= 4 is 12.0 Å². The third-order valence-electron chi connectivity index (χ3n) is 4.35. The molecule has 20 heavy (non-hydrogen) atoms. The largest absolute Gasteiger partial charge is 0.481 e. The molecular weight excluding hydrogens is 260 g/mol. The van der Waals surface area contributed by atoms with Gasteiger partial charge in [0.25, 0.3) is 0 Å². The van der Waals surface area contributed by atoms with Gasteiger partial charge in [-0.25, -0.2) is 4.79 Å². The van der Waals surface area contributed by atoms with Crippen molar-refractivity contribution in [2.24, 2.45) is 11.8 Å². The molecule has 6 nitrogen and oxygen atoms in total. The number of urea groups is 1. The van der Waals surface area contributed by atoms with E-state index in [2.05, 4.69) is 5.32 Å². The second-order valence-electron chi connectivity index (χ2n) is 5.84. The number of rotatable bonds is 4. The standard InChI is InChI=1S/C14H24N2O4/c1-20-9-10-4-3-7-16(8-10)14(19)15-12-6-2-5-11(12)13(17)18/h10-12H,2-9H2,1H3,(H,15,19)(H,17,18). The number of piperidine rings is 1. The number of amides is 2. The fraction of sp³-hybridized carbons (Fsp3) is 0.857. The average Bonchev–Trinajstić information content (AvgIpc) is 2.88. The lowest BCUT2D eigenvalue weighted by Crippen LogP contribution is -2.50. The summed E-state index contributed by atoms with van der Waals surface area (Å²) >= 11 is 0. The quantitative estimate of drug-likeness (QED) is 0.816. The van der Waals surface area contributed by atoms with Crippen LogP contribution in [0.15, 0.2) is 0 Å². The summed E-state index contributed by atoms with van der Waals surface area (Å²) in [6.45, 7) is 2.12. The van der Waals surface area contributed by atoms with Gasteiger partial charge in [0, 0.05) is 32.2 Å². The number of nitrogens with one attached hydrogen (secondary N) is 1. The minimum Gasteiger partial charge on any atom is -0.481 e. The predicted octanol–water partition coefficient (Wildman–Crippen LogP) is 1.31. The number of carboxylic acids is 1. The maximum Gasteiger partial charge on any atom is 0.317 e. The Hall–Kier alpha value is -1.30. The summed E-state index contributed by atoms with van der Waals surface area (Å²) in [5, 5.41) is 12.0. The Balaban J connectivity index is 1.86. The number of ether oxygens (including phenoxy) is 1. The van der Waals surface area contributed by atoms with Crippen molar-refractivity contribution < 1.29 is 19.4 Å². The van der Waals surface area contributed by atoms with Gasteiger partial charge in [0.05, 0.1) is 12.5 Å². The summed E-state index contributed by atoms with van der Waals surface area (Å²) in [5.41, 5.74) is 0. The molecule has 2 N–H and O–H groups in total. The first-order valence-electron chi connectivity index (χ1n) is 7.39. The zero-order valence-electron chi connectivity index (χ0n) is 12.0. The highest BCUT2D eigenvalue weighted by molar-refractivity contribution is 5.77. The maximum absolute atomic E-state index is 12.3. The zero-order valence-corrected chi connectivity index (χ0v) is 12.0. The predicted molar refractivity (Wildman–Crippen MR) is 73.5 cm³/mol. The van der Waals surface area contributed by atoms with Crippen LogP contribution < -0.4 is 5.32 Å². The van der Waals surface area contributed by atoms with Crippen molar-refractivity contribution in [3.05, 3.63) is 0 Å². The molecule has 0 aromatic carbocycles. The number of likely N-dealkylation sites (tertiary alicyclic amines) is 1. The number of hydrogen-bond donors (Lipinski definition) is 2. The minimum absolute atomic E-state index is 0.121. The Morgan fingerprint density at radius 1 is 1.30 bits per heavy atom. The molecule has 1 heterocycles.